The van der Waals surface area contributed by atoms with Gasteiger partial charge in [-0.3, -0.25) is 13.9 Å². The summed E-state index contributed by atoms with van der Waals surface area (Å²) < 4.78 is 2.67. The Hall–Kier alpha value is -3.07. The zero-order chi connectivity index (χ0) is 23.1. The van der Waals surface area contributed by atoms with E-state index in [-0.39, 0.29) is 29.0 Å². The average molecular weight is 461 g/mol. The lowest BCUT2D eigenvalue weighted by Crippen LogP contribution is -2.41. The molecule has 1 aromatic carbocycles. The van der Waals surface area contributed by atoms with Gasteiger partial charge in [-0.2, -0.15) is 4.98 Å². The maximum absolute atomic E-state index is 12.9. The maximum Gasteiger partial charge on any atom is 0.332 e. The van der Waals surface area contributed by atoms with Gasteiger partial charge in [-0.1, -0.05) is 49.6 Å². The topological polar surface area (TPSA) is 114 Å². The van der Waals surface area contributed by atoms with Crippen molar-refractivity contribution in [2.24, 2.45) is 0 Å². The molecule has 0 bridgehead atoms. The molecule has 0 aliphatic heterocycles. The molecule has 2 heterocycles. The van der Waals surface area contributed by atoms with Gasteiger partial charge in [-0.05, 0) is 36.9 Å². The molecule has 3 aromatic rings. The molecular weight excluding hydrogens is 432 g/mol. The maximum atomic E-state index is 12.9. The summed E-state index contributed by atoms with van der Waals surface area (Å²) in [5.41, 5.74) is 1.80. The molecule has 32 heavy (non-hydrogen) atoms. The van der Waals surface area contributed by atoms with Crippen molar-refractivity contribution in [3.05, 3.63) is 61.5 Å². The van der Waals surface area contributed by atoms with Gasteiger partial charge in [-0.15, -0.1) is 0 Å². The van der Waals surface area contributed by atoms with Crippen LogP contribution in [0.2, 0.25) is 5.28 Å². The van der Waals surface area contributed by atoms with Crippen LogP contribution in [0.4, 0.5) is 4.79 Å². The summed E-state index contributed by atoms with van der Waals surface area (Å²) in [5, 5.41) is 5.62. The normalized spacial score (nSPS) is 11.1. The fraction of sp³-hybridized carbons (Fsp3) is 0.455. The lowest BCUT2D eigenvalue weighted by Gasteiger charge is -2.12. The van der Waals surface area contributed by atoms with Crippen LogP contribution in [0.3, 0.4) is 0 Å². The van der Waals surface area contributed by atoms with E-state index in [1.807, 2.05) is 31.2 Å². The van der Waals surface area contributed by atoms with E-state index < -0.39 is 11.2 Å². The standard InChI is InChI=1S/C22H29ClN6O3/c1-3-4-5-12-28-18-17(26-20(23)27-18)19(30)29(22(28)32)13-6-11-24-21(31)25-14-16-9-7-15(2)8-10-16/h7-10H,3-6,11-14H2,1-2H3,(H,26,27)(H2,24,25,31). The van der Waals surface area contributed by atoms with Gasteiger partial charge < -0.3 is 15.6 Å². The van der Waals surface area contributed by atoms with Crippen molar-refractivity contribution in [3.8, 4) is 0 Å². The molecule has 0 saturated heterocycles. The predicted octanol–water partition coefficient (Wildman–Crippen LogP) is 2.93. The van der Waals surface area contributed by atoms with Gasteiger partial charge >= 0.3 is 11.7 Å². The molecule has 2 aromatic heterocycles. The molecule has 10 heteroatoms. The number of carbonyl (C=O) groups excluding carboxylic acids is 1. The minimum Gasteiger partial charge on any atom is -0.338 e. The fourth-order valence-electron chi connectivity index (χ4n) is 3.45. The monoisotopic (exact) mass is 460 g/mol. The highest BCUT2D eigenvalue weighted by atomic mass is 35.5. The molecule has 0 radical (unpaired) electrons. The Morgan fingerprint density at radius 3 is 2.50 bits per heavy atom. The summed E-state index contributed by atoms with van der Waals surface area (Å²) >= 11 is 5.95. The number of aryl methyl sites for hydroxylation is 2. The van der Waals surface area contributed by atoms with E-state index >= 15 is 0 Å². The van der Waals surface area contributed by atoms with Gasteiger partial charge in [0.05, 0.1) is 0 Å². The number of aromatic amines is 1. The summed E-state index contributed by atoms with van der Waals surface area (Å²) in [4.78, 5) is 44.6. The number of aromatic nitrogens is 4. The molecule has 2 amide bonds. The Kier molecular flexibility index (Phi) is 8.10. The molecule has 3 rings (SSSR count). The van der Waals surface area contributed by atoms with E-state index in [1.165, 1.54) is 9.13 Å². The number of nitrogens with one attached hydrogen (secondary N) is 3. The van der Waals surface area contributed by atoms with Crippen LogP contribution in [0, 0.1) is 6.92 Å². The van der Waals surface area contributed by atoms with Gasteiger partial charge in [0.15, 0.2) is 11.2 Å². The molecule has 0 atom stereocenters. The van der Waals surface area contributed by atoms with Gasteiger partial charge in [-0.25, -0.2) is 9.59 Å². The van der Waals surface area contributed by atoms with Crippen LogP contribution in [-0.4, -0.2) is 31.7 Å². The molecule has 9 nitrogen and oxygen atoms in total. The van der Waals surface area contributed by atoms with E-state index in [2.05, 4.69) is 27.5 Å². The summed E-state index contributed by atoms with van der Waals surface area (Å²) in [6.07, 6.45) is 3.20. The van der Waals surface area contributed by atoms with Crippen LogP contribution in [0.5, 0.6) is 0 Å². The number of unbranched alkanes of at least 4 members (excludes halogenated alkanes) is 2. The first-order valence-corrected chi connectivity index (χ1v) is 11.2. The van der Waals surface area contributed by atoms with Gasteiger partial charge in [0.2, 0.25) is 5.28 Å². The smallest absolute Gasteiger partial charge is 0.332 e. The van der Waals surface area contributed by atoms with Crippen LogP contribution in [0.15, 0.2) is 33.9 Å². The van der Waals surface area contributed by atoms with Crippen LogP contribution < -0.4 is 21.9 Å². The van der Waals surface area contributed by atoms with Crippen LogP contribution in [-0.2, 0) is 19.6 Å². The lowest BCUT2D eigenvalue weighted by molar-refractivity contribution is 0.240. The van der Waals surface area contributed by atoms with E-state index in [9.17, 15) is 14.4 Å². The molecular formula is C22H29ClN6O3. The number of halogens is 1. The number of fused-ring (bicyclic) bond motifs is 1. The number of nitrogens with zero attached hydrogens (tertiary/aromatic N) is 3. The summed E-state index contributed by atoms with van der Waals surface area (Å²) in [6, 6.07) is 7.61. The predicted molar refractivity (Wildman–Crippen MR) is 125 cm³/mol. The molecule has 0 unspecified atom stereocenters. The molecule has 0 spiro atoms. The van der Waals surface area contributed by atoms with Crippen molar-refractivity contribution < 1.29 is 4.79 Å². The van der Waals surface area contributed by atoms with E-state index in [4.69, 9.17) is 11.6 Å². The highest BCUT2D eigenvalue weighted by Gasteiger charge is 2.16. The molecule has 0 saturated carbocycles. The quantitative estimate of drug-likeness (QED) is 0.319. The Balaban J connectivity index is 1.60. The van der Waals surface area contributed by atoms with Crippen molar-refractivity contribution in [1.29, 1.82) is 0 Å². The second-order valence-corrected chi connectivity index (χ2v) is 8.13. The Morgan fingerprint density at radius 1 is 1.06 bits per heavy atom. The zero-order valence-electron chi connectivity index (χ0n) is 18.4. The molecule has 0 fully saturated rings. The first kappa shape index (κ1) is 23.6. The van der Waals surface area contributed by atoms with E-state index in [0.717, 1.165) is 30.4 Å². The highest BCUT2D eigenvalue weighted by Crippen LogP contribution is 2.11. The van der Waals surface area contributed by atoms with Crippen molar-refractivity contribution >= 4 is 28.8 Å². The number of amides is 2. The van der Waals surface area contributed by atoms with Gasteiger partial charge in [0.1, 0.15) is 0 Å². The third-order valence-corrected chi connectivity index (χ3v) is 5.41. The van der Waals surface area contributed by atoms with Gasteiger partial charge in [0, 0.05) is 26.2 Å². The van der Waals surface area contributed by atoms with Crippen molar-refractivity contribution in [3.63, 3.8) is 0 Å². The van der Waals surface area contributed by atoms with Crippen molar-refractivity contribution in [2.75, 3.05) is 6.54 Å². The third kappa shape index (κ3) is 5.79. The number of benzene rings is 1. The van der Waals surface area contributed by atoms with E-state index in [0.29, 0.717) is 26.1 Å². The second-order valence-electron chi connectivity index (χ2n) is 7.77. The number of hydrogen-bond acceptors (Lipinski definition) is 4. The molecule has 172 valence electrons. The second kappa shape index (κ2) is 11.0. The lowest BCUT2D eigenvalue weighted by atomic mass is 10.1. The average Bonchev–Trinajstić information content (AvgIpc) is 3.16. The number of carbonyl (C=O) groups is 1. The Labute approximate surface area is 190 Å². The number of imidazole rings is 1. The summed E-state index contributed by atoms with van der Waals surface area (Å²) in [7, 11) is 0. The SMILES string of the molecule is CCCCCn1c(=O)n(CCCNC(=O)NCc2ccc(C)cc2)c(=O)c2[nH]c(Cl)nc21. The third-order valence-electron chi connectivity index (χ3n) is 5.24. The zero-order valence-corrected chi connectivity index (χ0v) is 19.2. The van der Waals surface area contributed by atoms with Gasteiger partial charge in [0.25, 0.3) is 5.56 Å². The fourth-order valence-corrected chi connectivity index (χ4v) is 3.62. The number of H-pyrrole nitrogens is 1. The first-order chi connectivity index (χ1) is 15.4. The Morgan fingerprint density at radius 2 is 1.78 bits per heavy atom. The number of rotatable bonds is 10. The minimum atomic E-state index is -0.458. The molecule has 0 aliphatic carbocycles. The Bertz CT molecular complexity index is 1180. The molecule has 3 N–H and O–H groups in total. The number of hydrogen-bond donors (Lipinski definition) is 3. The van der Waals surface area contributed by atoms with Crippen molar-refractivity contribution in [1.82, 2.24) is 29.7 Å². The minimum absolute atomic E-state index is 0.0744. The summed E-state index contributed by atoms with van der Waals surface area (Å²) in [5.74, 6) is 0. The largest absolute Gasteiger partial charge is 0.338 e. The number of urea groups is 1. The first-order valence-electron chi connectivity index (χ1n) is 10.9. The van der Waals surface area contributed by atoms with Crippen LogP contribution >= 0.6 is 11.6 Å². The van der Waals surface area contributed by atoms with Crippen LogP contribution in [0.1, 0.15) is 43.7 Å². The van der Waals surface area contributed by atoms with Crippen molar-refractivity contribution in [2.45, 2.75) is 59.2 Å². The summed E-state index contributed by atoms with van der Waals surface area (Å²) in [6.45, 7) is 5.47. The molecule has 0 aliphatic rings. The highest BCUT2D eigenvalue weighted by molar-refractivity contribution is 6.28. The van der Waals surface area contributed by atoms with Crippen LogP contribution in [0.25, 0.3) is 11.2 Å². The van der Waals surface area contributed by atoms with E-state index in [1.54, 1.807) is 0 Å².